The number of hydrogen-bond acceptors (Lipinski definition) is 6. The zero-order valence-electron chi connectivity index (χ0n) is 16.7. The number of amides is 1. The van der Waals surface area contributed by atoms with Crippen LogP contribution in [0.1, 0.15) is 46.2 Å². The number of ether oxygens (including phenoxy) is 2. The number of anilines is 1. The van der Waals surface area contributed by atoms with Gasteiger partial charge in [-0.05, 0) is 46.2 Å². The molecule has 0 saturated heterocycles. The minimum Gasteiger partial charge on any atom is -0.492 e. The zero-order chi connectivity index (χ0) is 20.0. The van der Waals surface area contributed by atoms with Gasteiger partial charge in [0.1, 0.15) is 28.3 Å². The number of nitrogens with zero attached hydrogens (tertiary/aromatic N) is 2. The SMILES string of the molecule is CCOc1cc2c(cc1NC(=O)c1sc3nc(C)nc(C)c3c1C)OC(C)C2. The highest BCUT2D eigenvalue weighted by atomic mass is 32.1. The Kier molecular flexibility index (Phi) is 4.71. The van der Waals surface area contributed by atoms with Gasteiger partial charge < -0.3 is 14.8 Å². The van der Waals surface area contributed by atoms with Crippen LogP contribution in [0, 0.1) is 20.8 Å². The second-order valence-electron chi connectivity index (χ2n) is 7.07. The molecule has 0 spiro atoms. The summed E-state index contributed by atoms with van der Waals surface area (Å²) in [4.78, 5) is 23.5. The number of carbonyl (C=O) groups excluding carboxylic acids is 1. The first kappa shape index (κ1) is 18.7. The summed E-state index contributed by atoms with van der Waals surface area (Å²) in [6.07, 6.45) is 0.973. The van der Waals surface area contributed by atoms with Gasteiger partial charge >= 0.3 is 0 Å². The minimum absolute atomic E-state index is 0.130. The topological polar surface area (TPSA) is 73.3 Å². The van der Waals surface area contributed by atoms with Gasteiger partial charge in [0.15, 0.2) is 0 Å². The van der Waals surface area contributed by atoms with E-state index in [4.69, 9.17) is 9.47 Å². The first-order valence-corrected chi connectivity index (χ1v) is 10.2. The number of aromatic nitrogens is 2. The van der Waals surface area contributed by atoms with E-state index in [1.165, 1.54) is 11.3 Å². The fourth-order valence-corrected chi connectivity index (χ4v) is 4.85. The highest BCUT2D eigenvalue weighted by Gasteiger charge is 2.24. The summed E-state index contributed by atoms with van der Waals surface area (Å²) >= 11 is 1.39. The van der Waals surface area contributed by atoms with Crippen LogP contribution in [0.4, 0.5) is 5.69 Å². The second kappa shape index (κ2) is 7.05. The van der Waals surface area contributed by atoms with Crippen LogP contribution in [0.2, 0.25) is 0 Å². The molecule has 3 heterocycles. The molecule has 7 heteroatoms. The molecule has 6 nitrogen and oxygen atoms in total. The third kappa shape index (κ3) is 3.20. The highest BCUT2D eigenvalue weighted by molar-refractivity contribution is 7.20. The van der Waals surface area contributed by atoms with Crippen LogP contribution < -0.4 is 14.8 Å². The lowest BCUT2D eigenvalue weighted by Gasteiger charge is -2.13. The van der Waals surface area contributed by atoms with E-state index in [1.54, 1.807) is 0 Å². The van der Waals surface area contributed by atoms with Crippen molar-refractivity contribution in [3.05, 3.63) is 39.7 Å². The number of nitrogens with one attached hydrogen (secondary N) is 1. The maximum atomic E-state index is 13.1. The maximum Gasteiger partial charge on any atom is 0.266 e. The highest BCUT2D eigenvalue weighted by Crippen LogP contribution is 2.39. The zero-order valence-corrected chi connectivity index (χ0v) is 17.5. The van der Waals surface area contributed by atoms with E-state index < -0.39 is 0 Å². The van der Waals surface area contributed by atoms with Crippen molar-refractivity contribution in [1.29, 1.82) is 0 Å². The van der Waals surface area contributed by atoms with Gasteiger partial charge in [0.25, 0.3) is 5.91 Å². The largest absolute Gasteiger partial charge is 0.492 e. The minimum atomic E-state index is -0.176. The van der Waals surface area contributed by atoms with Crippen molar-refractivity contribution >= 4 is 33.1 Å². The van der Waals surface area contributed by atoms with Crippen molar-refractivity contribution in [3.8, 4) is 11.5 Å². The molecule has 1 aromatic carbocycles. The number of fused-ring (bicyclic) bond motifs is 2. The second-order valence-corrected chi connectivity index (χ2v) is 8.07. The molecule has 1 atom stereocenters. The van der Waals surface area contributed by atoms with Crippen molar-refractivity contribution < 1.29 is 14.3 Å². The van der Waals surface area contributed by atoms with Crippen molar-refractivity contribution in [2.45, 2.75) is 47.1 Å². The van der Waals surface area contributed by atoms with Gasteiger partial charge in [0.2, 0.25) is 0 Å². The standard InChI is InChI=1S/C21H23N3O3S/c1-6-26-17-8-14-7-10(2)27-16(14)9-15(17)24-20(25)19-11(3)18-12(4)22-13(5)23-21(18)28-19/h8-10H,6-7H2,1-5H3,(H,24,25). The fraction of sp³-hybridized carbons (Fsp3) is 0.381. The predicted molar refractivity (Wildman–Crippen MR) is 111 cm³/mol. The summed E-state index contributed by atoms with van der Waals surface area (Å²) in [6.45, 7) is 10.2. The summed E-state index contributed by atoms with van der Waals surface area (Å²) in [5, 5.41) is 3.97. The Morgan fingerprint density at radius 3 is 2.86 bits per heavy atom. The van der Waals surface area contributed by atoms with Crippen LogP contribution in [0.15, 0.2) is 12.1 Å². The molecule has 4 rings (SSSR count). The van der Waals surface area contributed by atoms with Crippen molar-refractivity contribution in [2.24, 2.45) is 0 Å². The molecule has 0 fully saturated rings. The average molecular weight is 398 g/mol. The summed E-state index contributed by atoms with van der Waals surface area (Å²) in [7, 11) is 0. The molecular formula is C21H23N3O3S. The quantitative estimate of drug-likeness (QED) is 0.697. The van der Waals surface area contributed by atoms with E-state index >= 15 is 0 Å². The van der Waals surface area contributed by atoms with Gasteiger partial charge in [0, 0.05) is 29.1 Å². The van der Waals surface area contributed by atoms with Gasteiger partial charge in [-0.1, -0.05) is 0 Å². The summed E-state index contributed by atoms with van der Waals surface area (Å²) in [5.41, 5.74) is 3.52. The van der Waals surface area contributed by atoms with Crippen molar-refractivity contribution in [2.75, 3.05) is 11.9 Å². The molecule has 146 valence electrons. The van der Waals surface area contributed by atoms with Gasteiger partial charge in [-0.3, -0.25) is 4.79 Å². The summed E-state index contributed by atoms with van der Waals surface area (Å²) < 4.78 is 11.6. The molecule has 3 aromatic rings. The summed E-state index contributed by atoms with van der Waals surface area (Å²) in [5.74, 6) is 2.00. The van der Waals surface area contributed by atoms with E-state index in [0.29, 0.717) is 28.7 Å². The van der Waals surface area contributed by atoms with E-state index in [2.05, 4.69) is 15.3 Å². The molecule has 0 saturated carbocycles. The van der Waals surface area contributed by atoms with Crippen LogP contribution in [-0.2, 0) is 6.42 Å². The molecule has 0 radical (unpaired) electrons. The van der Waals surface area contributed by atoms with Gasteiger partial charge in [-0.2, -0.15) is 0 Å². The molecule has 28 heavy (non-hydrogen) atoms. The fourth-order valence-electron chi connectivity index (χ4n) is 3.68. The van der Waals surface area contributed by atoms with E-state index in [0.717, 1.165) is 39.2 Å². The number of benzene rings is 1. The maximum absolute atomic E-state index is 13.1. The molecule has 0 bridgehead atoms. The van der Waals surface area contributed by atoms with E-state index in [-0.39, 0.29) is 12.0 Å². The number of thiophene rings is 1. The average Bonchev–Trinajstić information content (AvgIpc) is 3.14. The number of carbonyl (C=O) groups is 1. The van der Waals surface area contributed by atoms with Crippen LogP contribution in [0.5, 0.6) is 11.5 Å². The predicted octanol–water partition coefficient (Wildman–Crippen LogP) is 4.59. The van der Waals surface area contributed by atoms with Crippen LogP contribution in [0.3, 0.4) is 0 Å². The Morgan fingerprint density at radius 1 is 1.32 bits per heavy atom. The molecule has 1 N–H and O–H groups in total. The van der Waals surface area contributed by atoms with Gasteiger partial charge in [-0.25, -0.2) is 9.97 Å². The molecule has 2 aromatic heterocycles. The monoisotopic (exact) mass is 397 g/mol. The Hall–Kier alpha value is -2.67. The lowest BCUT2D eigenvalue weighted by molar-refractivity contribution is 0.102. The number of rotatable bonds is 4. The number of hydrogen-bond donors (Lipinski definition) is 1. The molecule has 1 unspecified atom stereocenters. The van der Waals surface area contributed by atoms with E-state index in [1.807, 2.05) is 46.8 Å². The normalized spacial score (nSPS) is 15.4. The third-order valence-electron chi connectivity index (χ3n) is 4.84. The van der Waals surface area contributed by atoms with Gasteiger partial charge in [0.05, 0.1) is 17.2 Å². The van der Waals surface area contributed by atoms with Crippen LogP contribution in [-0.4, -0.2) is 28.6 Å². The van der Waals surface area contributed by atoms with Crippen molar-refractivity contribution in [1.82, 2.24) is 9.97 Å². The van der Waals surface area contributed by atoms with Crippen LogP contribution in [0.25, 0.3) is 10.2 Å². The van der Waals surface area contributed by atoms with Crippen LogP contribution >= 0.6 is 11.3 Å². The lowest BCUT2D eigenvalue weighted by Crippen LogP contribution is -2.13. The number of aryl methyl sites for hydroxylation is 3. The van der Waals surface area contributed by atoms with Gasteiger partial charge in [-0.15, -0.1) is 11.3 Å². The van der Waals surface area contributed by atoms with Crippen molar-refractivity contribution in [3.63, 3.8) is 0 Å². The lowest BCUT2D eigenvalue weighted by atomic mass is 10.1. The Morgan fingerprint density at radius 2 is 2.11 bits per heavy atom. The molecule has 1 aliphatic heterocycles. The Labute approximate surface area is 167 Å². The first-order chi connectivity index (χ1) is 13.4. The smallest absolute Gasteiger partial charge is 0.266 e. The summed E-state index contributed by atoms with van der Waals surface area (Å²) in [6, 6.07) is 3.83. The Balaban J connectivity index is 1.71. The molecule has 1 aliphatic rings. The van der Waals surface area contributed by atoms with E-state index in [9.17, 15) is 4.79 Å². The first-order valence-electron chi connectivity index (χ1n) is 9.39. The molecule has 0 aliphatic carbocycles. The molecule has 1 amide bonds. The molecular weight excluding hydrogens is 374 g/mol. The Bertz CT molecular complexity index is 1090. The third-order valence-corrected chi connectivity index (χ3v) is 6.02.